The molecule has 30 heavy (non-hydrogen) atoms. The van der Waals surface area contributed by atoms with Crippen LogP contribution in [0.5, 0.6) is 11.5 Å². The molecule has 0 fully saturated rings. The fourth-order valence-electron chi connectivity index (χ4n) is 3.43. The zero-order valence-electron chi connectivity index (χ0n) is 17.8. The van der Waals surface area contributed by atoms with Crippen LogP contribution < -0.4 is 14.2 Å². The number of sulfonamides is 1. The van der Waals surface area contributed by atoms with E-state index in [9.17, 15) is 13.2 Å². The van der Waals surface area contributed by atoms with Crippen molar-refractivity contribution in [2.45, 2.75) is 44.2 Å². The molecule has 0 aromatic heterocycles. The van der Waals surface area contributed by atoms with Gasteiger partial charge < -0.3 is 14.4 Å². The average molecular weight is 433 g/mol. The maximum Gasteiger partial charge on any atom is 0.254 e. The number of carbonyl (C=O) groups excluding carboxylic acids is 1. The molecule has 2 aromatic carbocycles. The van der Waals surface area contributed by atoms with Gasteiger partial charge in [0, 0.05) is 24.7 Å². The standard InChI is InChI=1S/C22H28N2O5S/c1-5-15(2)23-30(26,27)19-8-6-16(7-9-19)22(25)24-11-10-17-12-20(28-3)21(29-4)13-18(17)14-24/h6-9,12-13,15,23H,5,10-11,14H2,1-4H3/t15-/m0/s1. The van der Waals surface area contributed by atoms with Crippen LogP contribution in [0.3, 0.4) is 0 Å². The van der Waals surface area contributed by atoms with E-state index in [0.29, 0.717) is 43.0 Å². The van der Waals surface area contributed by atoms with Crippen LogP contribution in [0.1, 0.15) is 41.8 Å². The van der Waals surface area contributed by atoms with E-state index in [1.807, 2.05) is 26.0 Å². The van der Waals surface area contributed by atoms with E-state index in [0.717, 1.165) is 11.1 Å². The monoisotopic (exact) mass is 432 g/mol. The summed E-state index contributed by atoms with van der Waals surface area (Å²) in [5.74, 6) is 1.18. The van der Waals surface area contributed by atoms with E-state index in [1.54, 1.807) is 31.3 Å². The number of hydrogen-bond acceptors (Lipinski definition) is 5. The van der Waals surface area contributed by atoms with E-state index in [-0.39, 0.29) is 16.8 Å². The Morgan fingerprint density at radius 3 is 2.27 bits per heavy atom. The van der Waals surface area contributed by atoms with E-state index >= 15 is 0 Å². The zero-order valence-corrected chi connectivity index (χ0v) is 18.6. The first kappa shape index (κ1) is 22.1. The minimum absolute atomic E-state index is 0.130. The van der Waals surface area contributed by atoms with Crippen LogP contribution >= 0.6 is 0 Å². The molecule has 1 aliphatic heterocycles. The van der Waals surface area contributed by atoms with E-state index in [2.05, 4.69) is 4.72 Å². The first-order chi connectivity index (χ1) is 14.3. The van der Waals surface area contributed by atoms with Gasteiger partial charge in [-0.05, 0) is 67.3 Å². The summed E-state index contributed by atoms with van der Waals surface area (Å²) in [5.41, 5.74) is 2.61. The molecule has 1 amide bonds. The molecule has 1 N–H and O–H groups in total. The number of amides is 1. The van der Waals surface area contributed by atoms with Crippen LogP contribution in [0.4, 0.5) is 0 Å². The summed E-state index contributed by atoms with van der Waals surface area (Å²) in [7, 11) is -0.407. The Bertz CT molecular complexity index is 1020. The van der Waals surface area contributed by atoms with Crippen molar-refractivity contribution in [3.8, 4) is 11.5 Å². The van der Waals surface area contributed by atoms with Gasteiger partial charge in [-0.1, -0.05) is 6.92 Å². The summed E-state index contributed by atoms with van der Waals surface area (Å²) in [6.07, 6.45) is 1.41. The van der Waals surface area contributed by atoms with Gasteiger partial charge in [0.05, 0.1) is 19.1 Å². The maximum absolute atomic E-state index is 13.0. The summed E-state index contributed by atoms with van der Waals surface area (Å²) in [6, 6.07) is 9.80. The summed E-state index contributed by atoms with van der Waals surface area (Å²) in [5, 5.41) is 0. The van der Waals surface area contributed by atoms with Crippen LogP contribution in [-0.2, 0) is 23.0 Å². The lowest BCUT2D eigenvalue weighted by molar-refractivity contribution is 0.0734. The highest BCUT2D eigenvalue weighted by molar-refractivity contribution is 7.89. The van der Waals surface area contributed by atoms with Gasteiger partial charge in [0.15, 0.2) is 11.5 Å². The molecule has 1 aliphatic rings. The number of hydrogen-bond donors (Lipinski definition) is 1. The van der Waals surface area contributed by atoms with Crippen molar-refractivity contribution >= 4 is 15.9 Å². The second-order valence-electron chi connectivity index (χ2n) is 7.41. The largest absolute Gasteiger partial charge is 0.493 e. The van der Waals surface area contributed by atoms with Gasteiger partial charge in [0.25, 0.3) is 5.91 Å². The second-order valence-corrected chi connectivity index (χ2v) is 9.12. The van der Waals surface area contributed by atoms with Gasteiger partial charge in [-0.15, -0.1) is 0 Å². The lowest BCUT2D eigenvalue weighted by Gasteiger charge is -2.29. The minimum Gasteiger partial charge on any atom is -0.493 e. The molecule has 0 bridgehead atoms. The molecular formula is C22H28N2O5S. The van der Waals surface area contributed by atoms with Crippen molar-refractivity contribution in [1.29, 1.82) is 0 Å². The lowest BCUT2D eigenvalue weighted by Crippen LogP contribution is -2.36. The highest BCUT2D eigenvalue weighted by atomic mass is 32.2. The Labute approximate surface area is 178 Å². The predicted octanol–water partition coefficient (Wildman–Crippen LogP) is 2.98. The normalized spacial score (nSPS) is 14.7. The molecule has 1 atom stereocenters. The third-order valence-corrected chi connectivity index (χ3v) is 6.99. The number of benzene rings is 2. The van der Waals surface area contributed by atoms with E-state index in [4.69, 9.17) is 9.47 Å². The van der Waals surface area contributed by atoms with Gasteiger partial charge in [-0.25, -0.2) is 13.1 Å². The molecule has 8 heteroatoms. The molecule has 3 rings (SSSR count). The Morgan fingerprint density at radius 2 is 1.70 bits per heavy atom. The third-order valence-electron chi connectivity index (χ3n) is 5.39. The predicted molar refractivity (Wildman–Crippen MR) is 115 cm³/mol. The first-order valence-corrected chi connectivity index (χ1v) is 11.4. The molecule has 0 radical (unpaired) electrons. The number of carbonyl (C=O) groups is 1. The summed E-state index contributed by atoms with van der Waals surface area (Å²) < 4.78 is 38.2. The first-order valence-electron chi connectivity index (χ1n) is 9.94. The Hall–Kier alpha value is -2.58. The SMILES string of the molecule is CC[C@H](C)NS(=O)(=O)c1ccc(C(=O)N2CCc3cc(OC)c(OC)cc3C2)cc1. The molecule has 0 saturated carbocycles. The topological polar surface area (TPSA) is 84.9 Å². The van der Waals surface area contributed by atoms with Crippen molar-refractivity contribution in [2.24, 2.45) is 0 Å². The van der Waals surface area contributed by atoms with Crippen LogP contribution in [-0.4, -0.2) is 46.0 Å². The van der Waals surface area contributed by atoms with Crippen LogP contribution in [0.2, 0.25) is 0 Å². The van der Waals surface area contributed by atoms with Gasteiger partial charge in [0.2, 0.25) is 10.0 Å². The van der Waals surface area contributed by atoms with E-state index in [1.165, 1.54) is 12.1 Å². The highest BCUT2D eigenvalue weighted by Gasteiger charge is 2.24. The Balaban J connectivity index is 1.76. The molecule has 0 saturated heterocycles. The van der Waals surface area contributed by atoms with E-state index < -0.39 is 10.0 Å². The molecule has 2 aromatic rings. The molecule has 7 nitrogen and oxygen atoms in total. The van der Waals surface area contributed by atoms with Gasteiger partial charge in [-0.2, -0.15) is 0 Å². The highest BCUT2D eigenvalue weighted by Crippen LogP contribution is 2.33. The number of methoxy groups -OCH3 is 2. The molecule has 0 unspecified atom stereocenters. The lowest BCUT2D eigenvalue weighted by atomic mass is 9.98. The zero-order chi connectivity index (χ0) is 21.9. The van der Waals surface area contributed by atoms with Gasteiger partial charge in [0.1, 0.15) is 0 Å². The Kier molecular flexibility index (Phi) is 6.67. The third kappa shape index (κ3) is 4.60. The van der Waals surface area contributed by atoms with Crippen molar-refractivity contribution in [3.63, 3.8) is 0 Å². The maximum atomic E-state index is 13.0. The van der Waals surface area contributed by atoms with Crippen molar-refractivity contribution < 1.29 is 22.7 Å². The average Bonchev–Trinajstić information content (AvgIpc) is 2.76. The minimum atomic E-state index is -3.59. The number of nitrogens with zero attached hydrogens (tertiary/aromatic N) is 1. The fourth-order valence-corrected chi connectivity index (χ4v) is 4.76. The molecule has 0 spiro atoms. The van der Waals surface area contributed by atoms with Crippen LogP contribution in [0.15, 0.2) is 41.3 Å². The number of nitrogens with one attached hydrogen (secondary N) is 1. The number of rotatable bonds is 7. The summed E-state index contributed by atoms with van der Waals surface area (Å²) in [6.45, 7) is 4.77. The smallest absolute Gasteiger partial charge is 0.254 e. The van der Waals surface area contributed by atoms with Crippen molar-refractivity contribution in [3.05, 3.63) is 53.1 Å². The number of fused-ring (bicyclic) bond motifs is 1. The quantitative estimate of drug-likeness (QED) is 0.727. The van der Waals surface area contributed by atoms with Crippen LogP contribution in [0.25, 0.3) is 0 Å². The summed E-state index contributed by atoms with van der Waals surface area (Å²) in [4.78, 5) is 14.9. The molecular weight excluding hydrogens is 404 g/mol. The van der Waals surface area contributed by atoms with Gasteiger partial charge in [-0.3, -0.25) is 4.79 Å². The van der Waals surface area contributed by atoms with Crippen molar-refractivity contribution in [1.82, 2.24) is 9.62 Å². The van der Waals surface area contributed by atoms with Gasteiger partial charge >= 0.3 is 0 Å². The van der Waals surface area contributed by atoms with Crippen LogP contribution in [0, 0.1) is 0 Å². The Morgan fingerprint density at radius 1 is 1.10 bits per heavy atom. The molecule has 1 heterocycles. The second kappa shape index (κ2) is 9.06. The van der Waals surface area contributed by atoms with Crippen molar-refractivity contribution in [2.75, 3.05) is 20.8 Å². The molecule has 0 aliphatic carbocycles. The fraction of sp³-hybridized carbons (Fsp3) is 0.409. The molecule has 162 valence electrons. The summed E-state index contributed by atoms with van der Waals surface area (Å²) >= 11 is 0. The number of ether oxygens (including phenoxy) is 2.